The van der Waals surface area contributed by atoms with E-state index in [0.717, 1.165) is 24.1 Å². The fraction of sp³-hybridized carbons (Fsp3) is 0.647. The predicted molar refractivity (Wildman–Crippen MR) is 91.9 cm³/mol. The van der Waals surface area contributed by atoms with Gasteiger partial charge >= 0.3 is 6.03 Å². The lowest BCUT2D eigenvalue weighted by Crippen LogP contribution is -2.39. The Bertz CT molecular complexity index is 559. The van der Waals surface area contributed by atoms with Crippen LogP contribution in [0.15, 0.2) is 6.07 Å². The maximum Gasteiger partial charge on any atom is 0.314 e. The topological polar surface area (TPSA) is 66.6 Å². The first-order valence-corrected chi connectivity index (χ1v) is 9.42. The van der Waals surface area contributed by atoms with Crippen LogP contribution >= 0.6 is 11.3 Å². The van der Waals surface area contributed by atoms with Crippen molar-refractivity contribution in [2.24, 2.45) is 5.73 Å². The zero-order valence-electron chi connectivity index (χ0n) is 13.6. The first-order chi connectivity index (χ1) is 11.1. The number of rotatable bonds is 1. The molecule has 23 heavy (non-hydrogen) atoms. The summed E-state index contributed by atoms with van der Waals surface area (Å²) in [6, 6.07) is 1.73. The third-order valence-corrected chi connectivity index (χ3v) is 6.03. The van der Waals surface area contributed by atoms with Crippen LogP contribution < -0.4 is 5.73 Å². The van der Waals surface area contributed by atoms with Crippen LogP contribution in [0.3, 0.4) is 0 Å². The van der Waals surface area contributed by atoms with Gasteiger partial charge in [0.2, 0.25) is 0 Å². The number of fused-ring (bicyclic) bond motifs is 1. The molecule has 1 aromatic heterocycles. The van der Waals surface area contributed by atoms with Crippen LogP contribution in [0.2, 0.25) is 0 Å². The van der Waals surface area contributed by atoms with Gasteiger partial charge in [0.05, 0.1) is 4.88 Å². The summed E-state index contributed by atoms with van der Waals surface area (Å²) in [6.07, 6.45) is 8.08. The van der Waals surface area contributed by atoms with Gasteiger partial charge in [0.25, 0.3) is 5.91 Å². The minimum absolute atomic E-state index is 0.119. The number of primary amides is 1. The molecule has 1 aliphatic heterocycles. The maximum absolute atomic E-state index is 12.8. The summed E-state index contributed by atoms with van der Waals surface area (Å²) in [4.78, 5) is 29.9. The minimum Gasteiger partial charge on any atom is -0.351 e. The van der Waals surface area contributed by atoms with Crippen molar-refractivity contribution in [1.29, 1.82) is 0 Å². The second kappa shape index (κ2) is 7.34. The Morgan fingerprint density at radius 2 is 1.61 bits per heavy atom. The number of hydrogen-bond donors (Lipinski definition) is 1. The van der Waals surface area contributed by atoms with E-state index in [1.807, 2.05) is 4.90 Å². The summed E-state index contributed by atoms with van der Waals surface area (Å²) in [5.74, 6) is 0.119. The van der Waals surface area contributed by atoms with E-state index in [1.165, 1.54) is 36.1 Å². The molecule has 3 amide bonds. The number of aryl methyl sites for hydroxylation is 2. The van der Waals surface area contributed by atoms with Crippen LogP contribution in [0.4, 0.5) is 4.79 Å². The summed E-state index contributed by atoms with van der Waals surface area (Å²) >= 11 is 1.68. The highest BCUT2D eigenvalue weighted by Gasteiger charge is 2.24. The quantitative estimate of drug-likeness (QED) is 0.857. The van der Waals surface area contributed by atoms with Gasteiger partial charge in [-0.2, -0.15) is 0 Å². The molecule has 0 radical (unpaired) electrons. The maximum atomic E-state index is 12.8. The Hall–Kier alpha value is -1.56. The molecule has 5 nitrogen and oxygen atoms in total. The van der Waals surface area contributed by atoms with Crippen molar-refractivity contribution in [3.8, 4) is 0 Å². The van der Waals surface area contributed by atoms with Crippen molar-refractivity contribution >= 4 is 23.3 Å². The minimum atomic E-state index is -0.390. The third-order valence-electron chi connectivity index (χ3n) is 4.80. The second-order valence-corrected chi connectivity index (χ2v) is 7.58. The molecule has 2 N–H and O–H groups in total. The number of amides is 3. The van der Waals surface area contributed by atoms with E-state index in [2.05, 4.69) is 6.07 Å². The Morgan fingerprint density at radius 3 is 2.39 bits per heavy atom. The second-order valence-electron chi connectivity index (χ2n) is 6.44. The van der Waals surface area contributed by atoms with Crippen molar-refractivity contribution < 1.29 is 9.59 Å². The summed E-state index contributed by atoms with van der Waals surface area (Å²) in [5, 5.41) is 0. The molecule has 1 aliphatic carbocycles. The largest absolute Gasteiger partial charge is 0.351 e. The van der Waals surface area contributed by atoms with Crippen molar-refractivity contribution in [3.63, 3.8) is 0 Å². The SMILES string of the molecule is NC(=O)N1CCCN(C(=O)c2cc3c(s2)CCCCCC3)CC1. The first-order valence-electron chi connectivity index (χ1n) is 8.60. The molecule has 3 rings (SSSR count). The average molecular weight is 335 g/mol. The van der Waals surface area contributed by atoms with E-state index >= 15 is 0 Å². The first kappa shape index (κ1) is 16.3. The zero-order valence-corrected chi connectivity index (χ0v) is 14.4. The van der Waals surface area contributed by atoms with Crippen LogP contribution in [-0.2, 0) is 12.8 Å². The normalized spacial score (nSPS) is 19.5. The average Bonchev–Trinajstić information content (AvgIpc) is 2.74. The summed E-state index contributed by atoms with van der Waals surface area (Å²) in [5.41, 5.74) is 6.73. The molecule has 0 atom stereocenters. The van der Waals surface area contributed by atoms with Crippen molar-refractivity contribution in [2.45, 2.75) is 44.9 Å². The molecule has 0 spiro atoms. The van der Waals surface area contributed by atoms with Gasteiger partial charge in [-0.05, 0) is 43.7 Å². The summed E-state index contributed by atoms with van der Waals surface area (Å²) in [7, 11) is 0. The Kier molecular flexibility index (Phi) is 5.20. The van der Waals surface area contributed by atoms with Crippen LogP contribution in [0.25, 0.3) is 0 Å². The highest BCUT2D eigenvalue weighted by atomic mass is 32.1. The zero-order chi connectivity index (χ0) is 16.2. The lowest BCUT2D eigenvalue weighted by Gasteiger charge is -2.20. The van der Waals surface area contributed by atoms with Gasteiger partial charge in [-0.15, -0.1) is 11.3 Å². The van der Waals surface area contributed by atoms with Gasteiger partial charge in [-0.25, -0.2) is 4.79 Å². The van der Waals surface area contributed by atoms with Crippen LogP contribution in [0, 0.1) is 0 Å². The number of thiophene rings is 1. The molecule has 126 valence electrons. The van der Waals surface area contributed by atoms with Gasteiger partial charge in [-0.3, -0.25) is 4.79 Å². The van der Waals surface area contributed by atoms with E-state index in [-0.39, 0.29) is 5.91 Å². The molecular formula is C17H25N3O2S. The smallest absolute Gasteiger partial charge is 0.314 e. The van der Waals surface area contributed by atoms with Crippen molar-refractivity contribution in [3.05, 3.63) is 21.4 Å². The van der Waals surface area contributed by atoms with Gasteiger partial charge in [0, 0.05) is 31.1 Å². The van der Waals surface area contributed by atoms with E-state index in [9.17, 15) is 9.59 Å². The van der Waals surface area contributed by atoms with Gasteiger partial charge in [0.15, 0.2) is 0 Å². The molecule has 0 unspecified atom stereocenters. The molecule has 1 aromatic rings. The Morgan fingerprint density at radius 1 is 0.913 bits per heavy atom. The molecule has 0 saturated carbocycles. The number of carbonyl (C=O) groups is 2. The highest BCUT2D eigenvalue weighted by Crippen LogP contribution is 2.29. The molecular weight excluding hydrogens is 310 g/mol. The van der Waals surface area contributed by atoms with Gasteiger partial charge in [0.1, 0.15) is 0 Å². The molecule has 2 aliphatic rings. The standard InChI is InChI=1S/C17H25N3O2S/c18-17(22)20-9-5-8-19(10-11-20)16(21)15-12-13-6-3-1-2-4-7-14(13)23-15/h12H,1-11H2,(H2,18,22). The van der Waals surface area contributed by atoms with Gasteiger partial charge in [-0.1, -0.05) is 12.8 Å². The van der Waals surface area contributed by atoms with Crippen molar-refractivity contribution in [2.75, 3.05) is 26.2 Å². The van der Waals surface area contributed by atoms with E-state index < -0.39 is 6.03 Å². The van der Waals surface area contributed by atoms with Crippen molar-refractivity contribution in [1.82, 2.24) is 9.80 Å². The summed E-state index contributed by atoms with van der Waals surface area (Å²) < 4.78 is 0. The number of hydrogen-bond acceptors (Lipinski definition) is 3. The van der Waals surface area contributed by atoms with E-state index in [4.69, 9.17) is 5.73 Å². The summed E-state index contributed by atoms with van der Waals surface area (Å²) in [6.45, 7) is 2.45. The number of carbonyl (C=O) groups excluding carboxylic acids is 2. The fourth-order valence-corrected chi connectivity index (χ4v) is 4.67. The Labute approximate surface area is 141 Å². The molecule has 2 heterocycles. The van der Waals surface area contributed by atoms with E-state index in [0.29, 0.717) is 26.2 Å². The molecule has 1 fully saturated rings. The molecule has 0 aromatic carbocycles. The molecule has 0 bridgehead atoms. The molecule has 1 saturated heterocycles. The molecule has 6 heteroatoms. The highest BCUT2D eigenvalue weighted by molar-refractivity contribution is 7.14. The van der Waals surface area contributed by atoms with E-state index in [1.54, 1.807) is 16.2 Å². The monoisotopic (exact) mass is 335 g/mol. The lowest BCUT2D eigenvalue weighted by atomic mass is 10.00. The predicted octanol–water partition coefficient (Wildman–Crippen LogP) is 2.63. The number of nitrogens with two attached hydrogens (primary N) is 1. The number of nitrogens with zero attached hydrogens (tertiary/aromatic N) is 2. The van der Waals surface area contributed by atoms with Crippen LogP contribution in [0.5, 0.6) is 0 Å². The van der Waals surface area contributed by atoms with Gasteiger partial charge < -0.3 is 15.5 Å². The Balaban J connectivity index is 1.70. The number of urea groups is 1. The van der Waals surface area contributed by atoms with Crippen LogP contribution in [0.1, 0.15) is 52.2 Å². The lowest BCUT2D eigenvalue weighted by molar-refractivity contribution is 0.0767. The fourth-order valence-electron chi connectivity index (χ4n) is 3.45. The van der Waals surface area contributed by atoms with Crippen LogP contribution in [-0.4, -0.2) is 47.9 Å². The third kappa shape index (κ3) is 3.86.